The predicted molar refractivity (Wildman–Crippen MR) is 94.2 cm³/mol. The van der Waals surface area contributed by atoms with Crippen molar-refractivity contribution in [2.75, 3.05) is 45.1 Å². The SMILES string of the molecule is CN1CCN(C(=O)Cc2ccc(NC(=O)C3CC(F)(F)CN3)cc2)CC1. The molecule has 3 rings (SSSR count). The molecule has 0 aliphatic carbocycles. The number of likely N-dealkylation sites (N-methyl/N-ethyl adjacent to an activating group) is 1. The van der Waals surface area contributed by atoms with Crippen LogP contribution in [-0.2, 0) is 16.0 Å². The zero-order valence-corrected chi connectivity index (χ0v) is 14.8. The van der Waals surface area contributed by atoms with Crippen LogP contribution in [0.15, 0.2) is 24.3 Å². The van der Waals surface area contributed by atoms with Gasteiger partial charge >= 0.3 is 0 Å². The highest BCUT2D eigenvalue weighted by molar-refractivity contribution is 5.95. The molecule has 0 spiro atoms. The number of carbonyl (C=O) groups excluding carboxylic acids is 2. The molecule has 0 bridgehead atoms. The van der Waals surface area contributed by atoms with Gasteiger partial charge in [0.15, 0.2) is 0 Å². The van der Waals surface area contributed by atoms with E-state index in [-0.39, 0.29) is 5.91 Å². The quantitative estimate of drug-likeness (QED) is 0.833. The molecule has 26 heavy (non-hydrogen) atoms. The van der Waals surface area contributed by atoms with Gasteiger partial charge in [-0.1, -0.05) is 12.1 Å². The van der Waals surface area contributed by atoms with Crippen LogP contribution in [0.2, 0.25) is 0 Å². The maximum Gasteiger partial charge on any atom is 0.262 e. The van der Waals surface area contributed by atoms with Crippen LogP contribution in [-0.4, -0.2) is 73.4 Å². The number of halogens is 2. The summed E-state index contributed by atoms with van der Waals surface area (Å²) in [5.41, 5.74) is 1.39. The third-order valence-corrected chi connectivity index (χ3v) is 4.86. The van der Waals surface area contributed by atoms with Crippen LogP contribution in [0.25, 0.3) is 0 Å². The summed E-state index contributed by atoms with van der Waals surface area (Å²) in [5, 5.41) is 5.16. The van der Waals surface area contributed by atoms with Gasteiger partial charge in [0, 0.05) is 38.3 Å². The molecule has 0 aromatic heterocycles. The molecule has 2 aliphatic heterocycles. The first-order valence-corrected chi connectivity index (χ1v) is 8.80. The van der Waals surface area contributed by atoms with Gasteiger partial charge in [-0.2, -0.15) is 0 Å². The number of amides is 2. The Bertz CT molecular complexity index is 658. The van der Waals surface area contributed by atoms with Gasteiger partial charge in [0.05, 0.1) is 19.0 Å². The van der Waals surface area contributed by atoms with Gasteiger partial charge in [-0.15, -0.1) is 0 Å². The summed E-state index contributed by atoms with van der Waals surface area (Å²) >= 11 is 0. The first-order valence-electron chi connectivity index (χ1n) is 8.80. The molecule has 2 aliphatic rings. The summed E-state index contributed by atoms with van der Waals surface area (Å²) in [6, 6.07) is 6.05. The highest BCUT2D eigenvalue weighted by Crippen LogP contribution is 2.25. The molecule has 1 unspecified atom stereocenters. The first kappa shape index (κ1) is 18.7. The van der Waals surface area contributed by atoms with E-state index in [1.54, 1.807) is 24.3 Å². The molecule has 142 valence electrons. The maximum absolute atomic E-state index is 13.2. The van der Waals surface area contributed by atoms with Gasteiger partial charge in [-0.05, 0) is 24.7 Å². The van der Waals surface area contributed by atoms with Crippen molar-refractivity contribution in [3.63, 3.8) is 0 Å². The standard InChI is InChI=1S/C18H24F2N4O2/c1-23-6-8-24(9-7-23)16(25)10-13-2-4-14(5-3-13)22-17(26)15-11-18(19,20)12-21-15/h2-5,15,21H,6-12H2,1H3,(H,22,26). The molecule has 6 nitrogen and oxygen atoms in total. The van der Waals surface area contributed by atoms with E-state index in [2.05, 4.69) is 15.5 Å². The normalized spacial score (nSPS) is 23.0. The Kier molecular flexibility index (Phi) is 5.52. The lowest BCUT2D eigenvalue weighted by molar-refractivity contribution is -0.132. The van der Waals surface area contributed by atoms with E-state index in [1.807, 2.05) is 11.9 Å². The number of hydrogen-bond acceptors (Lipinski definition) is 4. The minimum Gasteiger partial charge on any atom is -0.340 e. The largest absolute Gasteiger partial charge is 0.340 e. The van der Waals surface area contributed by atoms with Gasteiger partial charge in [0.1, 0.15) is 0 Å². The smallest absolute Gasteiger partial charge is 0.262 e. The number of carbonyl (C=O) groups is 2. The molecular formula is C18H24F2N4O2. The summed E-state index contributed by atoms with van der Waals surface area (Å²) in [6.07, 6.45) is -0.176. The van der Waals surface area contributed by atoms with E-state index in [9.17, 15) is 18.4 Å². The summed E-state index contributed by atoms with van der Waals surface area (Å²) in [6.45, 7) is 2.76. The third kappa shape index (κ3) is 4.76. The zero-order chi connectivity index (χ0) is 18.7. The fourth-order valence-corrected chi connectivity index (χ4v) is 3.18. The van der Waals surface area contributed by atoms with Crippen molar-refractivity contribution in [3.8, 4) is 0 Å². The van der Waals surface area contributed by atoms with Crippen LogP contribution >= 0.6 is 0 Å². The molecule has 1 atom stereocenters. The number of anilines is 1. The number of piperazine rings is 1. The van der Waals surface area contributed by atoms with Crippen molar-refractivity contribution in [1.29, 1.82) is 0 Å². The minimum absolute atomic E-state index is 0.0901. The van der Waals surface area contributed by atoms with Crippen molar-refractivity contribution in [2.24, 2.45) is 0 Å². The first-order chi connectivity index (χ1) is 12.3. The number of nitrogens with zero attached hydrogens (tertiary/aromatic N) is 2. The van der Waals surface area contributed by atoms with Gasteiger partial charge in [0.2, 0.25) is 11.8 Å². The Morgan fingerprint density at radius 3 is 2.42 bits per heavy atom. The van der Waals surface area contributed by atoms with Crippen molar-refractivity contribution < 1.29 is 18.4 Å². The summed E-state index contributed by atoms with van der Waals surface area (Å²) in [4.78, 5) is 28.4. The highest BCUT2D eigenvalue weighted by Gasteiger charge is 2.42. The molecule has 2 amide bonds. The number of alkyl halides is 2. The number of benzene rings is 1. The fourth-order valence-electron chi connectivity index (χ4n) is 3.18. The van der Waals surface area contributed by atoms with Crippen LogP contribution < -0.4 is 10.6 Å². The lowest BCUT2D eigenvalue weighted by Crippen LogP contribution is -2.47. The molecule has 2 saturated heterocycles. The summed E-state index contributed by atoms with van der Waals surface area (Å²) in [7, 11) is 2.04. The van der Waals surface area contributed by atoms with Gasteiger partial charge < -0.3 is 15.1 Å². The van der Waals surface area contributed by atoms with Crippen molar-refractivity contribution in [3.05, 3.63) is 29.8 Å². The van der Waals surface area contributed by atoms with Gasteiger partial charge in [-0.3, -0.25) is 14.9 Å². The van der Waals surface area contributed by atoms with Crippen LogP contribution in [0, 0.1) is 0 Å². The van der Waals surface area contributed by atoms with E-state index in [4.69, 9.17) is 0 Å². The molecule has 1 aromatic carbocycles. The molecule has 2 fully saturated rings. The van der Waals surface area contributed by atoms with E-state index >= 15 is 0 Å². The molecule has 2 N–H and O–H groups in total. The van der Waals surface area contributed by atoms with Crippen LogP contribution in [0.3, 0.4) is 0 Å². The third-order valence-electron chi connectivity index (χ3n) is 4.86. The van der Waals surface area contributed by atoms with Gasteiger partial charge in [0.25, 0.3) is 5.92 Å². The monoisotopic (exact) mass is 366 g/mol. The van der Waals surface area contributed by atoms with Crippen molar-refractivity contribution in [1.82, 2.24) is 15.1 Å². The van der Waals surface area contributed by atoms with Gasteiger partial charge in [-0.25, -0.2) is 8.78 Å². The Morgan fingerprint density at radius 2 is 1.85 bits per heavy atom. The van der Waals surface area contributed by atoms with Crippen LogP contribution in [0.1, 0.15) is 12.0 Å². The number of rotatable bonds is 4. The summed E-state index contributed by atoms with van der Waals surface area (Å²) < 4.78 is 26.3. The molecule has 1 aromatic rings. The second kappa shape index (κ2) is 7.67. The minimum atomic E-state index is -2.84. The lowest BCUT2D eigenvalue weighted by atomic mass is 10.1. The fraction of sp³-hybridized carbons (Fsp3) is 0.556. The topological polar surface area (TPSA) is 64.7 Å². The Labute approximate surface area is 151 Å². The average Bonchev–Trinajstić information content (AvgIpc) is 2.97. The Balaban J connectivity index is 1.50. The second-order valence-corrected chi connectivity index (χ2v) is 7.04. The highest BCUT2D eigenvalue weighted by atomic mass is 19.3. The summed E-state index contributed by atoms with van der Waals surface area (Å²) in [5.74, 6) is -3.22. The van der Waals surface area contributed by atoms with Crippen molar-refractivity contribution in [2.45, 2.75) is 24.8 Å². The Morgan fingerprint density at radius 1 is 1.19 bits per heavy atom. The average molecular weight is 366 g/mol. The number of nitrogens with one attached hydrogen (secondary N) is 2. The molecule has 2 heterocycles. The van der Waals surface area contributed by atoms with E-state index < -0.39 is 30.8 Å². The number of hydrogen-bond donors (Lipinski definition) is 2. The predicted octanol–water partition coefficient (Wildman–Crippen LogP) is 0.939. The molecule has 8 heteroatoms. The van der Waals surface area contributed by atoms with E-state index in [0.29, 0.717) is 12.1 Å². The van der Waals surface area contributed by atoms with E-state index in [1.165, 1.54) is 0 Å². The van der Waals surface area contributed by atoms with Crippen LogP contribution in [0.5, 0.6) is 0 Å². The zero-order valence-electron chi connectivity index (χ0n) is 14.8. The van der Waals surface area contributed by atoms with Crippen molar-refractivity contribution >= 4 is 17.5 Å². The van der Waals surface area contributed by atoms with E-state index in [0.717, 1.165) is 31.7 Å². The maximum atomic E-state index is 13.2. The van der Waals surface area contributed by atoms with Crippen LogP contribution in [0.4, 0.5) is 14.5 Å². The molecular weight excluding hydrogens is 342 g/mol. The molecule has 0 saturated carbocycles. The molecule has 0 radical (unpaired) electrons. The second-order valence-electron chi connectivity index (χ2n) is 7.04. The lowest BCUT2D eigenvalue weighted by Gasteiger charge is -2.32. The Hall–Kier alpha value is -2.06.